The van der Waals surface area contributed by atoms with Gasteiger partial charge in [0.1, 0.15) is 5.60 Å². The summed E-state index contributed by atoms with van der Waals surface area (Å²) in [6, 6.07) is 10.2. The molecule has 106 valence electrons. The molecule has 4 heteroatoms. The lowest BCUT2D eigenvalue weighted by molar-refractivity contribution is 0.0450. The molecule has 0 aromatic heterocycles. The molecule has 1 saturated carbocycles. The van der Waals surface area contributed by atoms with Crippen LogP contribution in [0.2, 0.25) is 0 Å². The van der Waals surface area contributed by atoms with Crippen LogP contribution in [0.4, 0.5) is 4.79 Å². The van der Waals surface area contributed by atoms with Crippen LogP contribution in [-0.2, 0) is 11.2 Å². The third-order valence-corrected chi connectivity index (χ3v) is 5.12. The Balaban J connectivity index is 1.26. The number of carbonyl (C=O) groups is 1. The molecule has 20 heavy (non-hydrogen) atoms. The molecular weight excluding hydrogens is 252 g/mol. The van der Waals surface area contributed by atoms with E-state index in [0.29, 0.717) is 18.4 Å². The van der Waals surface area contributed by atoms with Crippen molar-refractivity contribution in [3.8, 4) is 0 Å². The third kappa shape index (κ3) is 1.90. The molecule has 1 aromatic carbocycles. The van der Waals surface area contributed by atoms with Crippen LogP contribution >= 0.6 is 0 Å². The second-order valence-electron chi connectivity index (χ2n) is 6.24. The van der Waals surface area contributed by atoms with Crippen molar-refractivity contribution >= 4 is 6.09 Å². The van der Waals surface area contributed by atoms with Gasteiger partial charge in [-0.1, -0.05) is 30.3 Å². The summed E-state index contributed by atoms with van der Waals surface area (Å²) in [5, 5.41) is 2.89. The largest absolute Gasteiger partial charge is 0.441 e. The maximum Gasteiger partial charge on any atom is 0.407 e. The Morgan fingerprint density at radius 3 is 2.85 bits per heavy atom. The molecule has 1 aliphatic carbocycles. The van der Waals surface area contributed by atoms with Crippen LogP contribution in [0.1, 0.15) is 12.0 Å². The van der Waals surface area contributed by atoms with Crippen LogP contribution < -0.4 is 5.32 Å². The van der Waals surface area contributed by atoms with Crippen LogP contribution in [-0.4, -0.2) is 42.8 Å². The predicted octanol–water partition coefficient (Wildman–Crippen LogP) is 1.66. The van der Waals surface area contributed by atoms with E-state index in [-0.39, 0.29) is 11.7 Å². The van der Waals surface area contributed by atoms with E-state index in [1.165, 1.54) is 18.5 Å². The lowest BCUT2D eigenvalue weighted by Crippen LogP contribution is -2.41. The number of fused-ring (bicyclic) bond motifs is 1. The van der Waals surface area contributed by atoms with Gasteiger partial charge < -0.3 is 10.1 Å². The van der Waals surface area contributed by atoms with Crippen LogP contribution in [0.25, 0.3) is 0 Å². The van der Waals surface area contributed by atoms with Crippen LogP contribution in [0.3, 0.4) is 0 Å². The molecule has 4 atom stereocenters. The smallest absolute Gasteiger partial charge is 0.407 e. The van der Waals surface area contributed by atoms with E-state index in [4.69, 9.17) is 4.74 Å². The summed E-state index contributed by atoms with van der Waals surface area (Å²) in [7, 11) is 0. The summed E-state index contributed by atoms with van der Waals surface area (Å²) in [6.07, 6.45) is 1.81. The van der Waals surface area contributed by atoms with Crippen molar-refractivity contribution < 1.29 is 9.53 Å². The lowest BCUT2D eigenvalue weighted by Gasteiger charge is -2.29. The van der Waals surface area contributed by atoms with Crippen molar-refractivity contribution in [2.75, 3.05) is 26.2 Å². The Morgan fingerprint density at radius 1 is 1.35 bits per heavy atom. The fourth-order valence-corrected chi connectivity index (χ4v) is 4.07. The van der Waals surface area contributed by atoms with Crippen LogP contribution in [0.5, 0.6) is 0 Å². The number of piperidine rings is 3. The van der Waals surface area contributed by atoms with E-state index in [2.05, 4.69) is 22.3 Å². The number of nitrogens with one attached hydrogen (secondary N) is 1. The monoisotopic (exact) mass is 272 g/mol. The Kier molecular flexibility index (Phi) is 2.74. The van der Waals surface area contributed by atoms with Gasteiger partial charge in [0, 0.05) is 31.5 Å². The molecule has 3 aliphatic heterocycles. The molecule has 4 nitrogen and oxygen atoms in total. The number of ether oxygens (including phenoxy) is 1. The summed E-state index contributed by atoms with van der Waals surface area (Å²) >= 11 is 0. The van der Waals surface area contributed by atoms with Gasteiger partial charge in [0.15, 0.2) is 0 Å². The fourth-order valence-electron chi connectivity index (χ4n) is 4.07. The van der Waals surface area contributed by atoms with E-state index in [9.17, 15) is 4.79 Å². The quantitative estimate of drug-likeness (QED) is 0.906. The molecule has 5 rings (SSSR count). The number of carbonyl (C=O) groups excluding carboxylic acids is 1. The molecular formula is C16H20N2O2. The molecule has 1 aromatic rings. The van der Waals surface area contributed by atoms with E-state index < -0.39 is 0 Å². The molecule has 0 radical (unpaired) electrons. The van der Waals surface area contributed by atoms with E-state index >= 15 is 0 Å². The third-order valence-electron chi connectivity index (χ3n) is 5.12. The highest BCUT2D eigenvalue weighted by atomic mass is 16.6. The number of nitrogens with zero attached hydrogens (tertiary/aromatic N) is 1. The highest BCUT2D eigenvalue weighted by molar-refractivity contribution is 5.68. The highest BCUT2D eigenvalue weighted by Crippen LogP contribution is 2.62. The first kappa shape index (κ1) is 12.2. The molecule has 3 unspecified atom stereocenters. The van der Waals surface area contributed by atoms with Crippen molar-refractivity contribution in [2.45, 2.75) is 18.4 Å². The van der Waals surface area contributed by atoms with Crippen LogP contribution in [0, 0.1) is 11.8 Å². The number of hydrogen-bond donors (Lipinski definition) is 1. The van der Waals surface area contributed by atoms with Gasteiger partial charge in [0.05, 0.1) is 0 Å². The first-order valence-electron chi connectivity index (χ1n) is 7.51. The zero-order valence-electron chi connectivity index (χ0n) is 11.5. The summed E-state index contributed by atoms with van der Waals surface area (Å²) in [6.45, 7) is 3.90. The Bertz CT molecular complexity index is 512. The standard InChI is InChI=1S/C16H20N2O2/c19-15(17-8-6-12-4-2-1-3-5-12)20-16-11-18-9-7-13(16)14(16)10-18/h1-5,13-14H,6-11H2,(H,17,19)/t13?,14?,16-/m1/s1. The Labute approximate surface area is 119 Å². The molecule has 4 fully saturated rings. The summed E-state index contributed by atoms with van der Waals surface area (Å²) in [5.41, 5.74) is 1.11. The molecule has 4 bridgehead atoms. The molecule has 4 aliphatic rings. The van der Waals surface area contributed by atoms with Crippen LogP contribution in [0.15, 0.2) is 30.3 Å². The lowest BCUT2D eigenvalue weighted by atomic mass is 10.1. The van der Waals surface area contributed by atoms with Gasteiger partial charge in [-0.3, -0.25) is 4.90 Å². The van der Waals surface area contributed by atoms with Gasteiger partial charge in [-0.2, -0.15) is 0 Å². The van der Waals surface area contributed by atoms with Gasteiger partial charge in [-0.25, -0.2) is 4.79 Å². The molecule has 3 heterocycles. The molecule has 1 N–H and O–H groups in total. The second-order valence-corrected chi connectivity index (χ2v) is 6.24. The topological polar surface area (TPSA) is 41.6 Å². The number of benzene rings is 1. The maximum absolute atomic E-state index is 11.9. The predicted molar refractivity (Wildman–Crippen MR) is 75.4 cm³/mol. The van der Waals surface area contributed by atoms with Crippen molar-refractivity contribution in [3.63, 3.8) is 0 Å². The number of rotatable bonds is 4. The fraction of sp³-hybridized carbons (Fsp3) is 0.562. The molecule has 1 amide bonds. The Morgan fingerprint density at radius 2 is 2.20 bits per heavy atom. The van der Waals surface area contributed by atoms with Crippen molar-refractivity contribution in [1.29, 1.82) is 0 Å². The molecule has 3 saturated heterocycles. The average Bonchev–Trinajstić information content (AvgIpc) is 2.96. The number of hydrogen-bond acceptors (Lipinski definition) is 3. The second kappa shape index (κ2) is 4.48. The highest BCUT2D eigenvalue weighted by Gasteiger charge is 2.74. The SMILES string of the molecule is O=C(NCCc1ccccc1)O[C@]12CN3CCC1C2C3. The first-order valence-corrected chi connectivity index (χ1v) is 7.51. The number of amides is 1. The van der Waals surface area contributed by atoms with Gasteiger partial charge >= 0.3 is 6.09 Å². The summed E-state index contributed by atoms with van der Waals surface area (Å²) in [5.74, 6) is 1.24. The van der Waals surface area contributed by atoms with Gasteiger partial charge in [0.25, 0.3) is 0 Å². The summed E-state index contributed by atoms with van der Waals surface area (Å²) in [4.78, 5) is 14.4. The van der Waals surface area contributed by atoms with Crippen molar-refractivity contribution in [1.82, 2.24) is 10.2 Å². The van der Waals surface area contributed by atoms with E-state index in [1.54, 1.807) is 0 Å². The number of alkyl carbamates (subject to hydrolysis) is 1. The van der Waals surface area contributed by atoms with Gasteiger partial charge in [-0.15, -0.1) is 0 Å². The minimum absolute atomic E-state index is 0.130. The minimum Gasteiger partial charge on any atom is -0.441 e. The Hall–Kier alpha value is -1.55. The van der Waals surface area contributed by atoms with Crippen molar-refractivity contribution in [3.05, 3.63) is 35.9 Å². The van der Waals surface area contributed by atoms with E-state index in [0.717, 1.165) is 19.5 Å². The van der Waals surface area contributed by atoms with Crippen molar-refractivity contribution in [2.24, 2.45) is 11.8 Å². The van der Waals surface area contributed by atoms with E-state index in [1.807, 2.05) is 18.2 Å². The first-order chi connectivity index (χ1) is 9.78. The van der Waals surface area contributed by atoms with Gasteiger partial charge in [0.2, 0.25) is 0 Å². The summed E-state index contributed by atoms with van der Waals surface area (Å²) < 4.78 is 5.75. The van der Waals surface area contributed by atoms with Gasteiger partial charge in [-0.05, 0) is 24.9 Å². The zero-order valence-corrected chi connectivity index (χ0v) is 11.5. The maximum atomic E-state index is 11.9. The zero-order chi connectivity index (χ0) is 13.6. The normalized spacial score (nSPS) is 36.5. The molecule has 0 spiro atoms. The average molecular weight is 272 g/mol. The minimum atomic E-state index is -0.239.